The lowest BCUT2D eigenvalue weighted by atomic mass is 9.97. The predicted octanol–water partition coefficient (Wildman–Crippen LogP) is 2.43. The SMILES string of the molecule is Cc1cnc(CN2CCC[C@H](c3noc(C4CC4)n3)C2)cn1. The molecule has 0 unspecified atom stereocenters. The summed E-state index contributed by atoms with van der Waals surface area (Å²) in [6, 6.07) is 0. The summed E-state index contributed by atoms with van der Waals surface area (Å²) in [6.07, 6.45) is 8.41. The fraction of sp³-hybridized carbons (Fsp3) is 0.625. The number of aromatic nitrogens is 4. The highest BCUT2D eigenvalue weighted by molar-refractivity contribution is 5.06. The molecule has 4 rings (SSSR count). The van der Waals surface area contributed by atoms with Gasteiger partial charge in [-0.25, -0.2) is 0 Å². The van der Waals surface area contributed by atoms with Crippen LogP contribution in [-0.2, 0) is 6.54 Å². The van der Waals surface area contributed by atoms with E-state index in [4.69, 9.17) is 4.52 Å². The summed E-state index contributed by atoms with van der Waals surface area (Å²) in [7, 11) is 0. The summed E-state index contributed by atoms with van der Waals surface area (Å²) in [6.45, 7) is 4.87. The van der Waals surface area contributed by atoms with Crippen LogP contribution in [0.2, 0.25) is 0 Å². The van der Waals surface area contributed by atoms with Crippen LogP contribution < -0.4 is 0 Å². The zero-order chi connectivity index (χ0) is 14.9. The van der Waals surface area contributed by atoms with Gasteiger partial charge < -0.3 is 4.52 Å². The highest BCUT2D eigenvalue weighted by Crippen LogP contribution is 2.39. The van der Waals surface area contributed by atoms with Crippen LogP contribution in [0.1, 0.15) is 60.6 Å². The lowest BCUT2D eigenvalue weighted by Crippen LogP contribution is -2.34. The second kappa shape index (κ2) is 5.76. The van der Waals surface area contributed by atoms with Crippen molar-refractivity contribution in [3.63, 3.8) is 0 Å². The Morgan fingerprint density at radius 1 is 1.18 bits per heavy atom. The summed E-state index contributed by atoms with van der Waals surface area (Å²) in [5, 5.41) is 4.21. The van der Waals surface area contributed by atoms with Crippen molar-refractivity contribution in [3.05, 3.63) is 35.5 Å². The molecule has 6 nitrogen and oxygen atoms in total. The van der Waals surface area contributed by atoms with Crippen molar-refractivity contribution in [1.82, 2.24) is 25.0 Å². The van der Waals surface area contributed by atoms with Gasteiger partial charge in [0.1, 0.15) is 0 Å². The van der Waals surface area contributed by atoms with Gasteiger partial charge in [0.05, 0.1) is 11.4 Å². The lowest BCUT2D eigenvalue weighted by Gasteiger charge is -2.30. The first-order valence-corrected chi connectivity index (χ1v) is 8.11. The van der Waals surface area contributed by atoms with Crippen LogP contribution in [0.4, 0.5) is 0 Å². The van der Waals surface area contributed by atoms with Crippen LogP contribution in [-0.4, -0.2) is 38.1 Å². The Balaban J connectivity index is 1.41. The van der Waals surface area contributed by atoms with E-state index in [1.54, 1.807) is 0 Å². The summed E-state index contributed by atoms with van der Waals surface area (Å²) < 4.78 is 5.41. The van der Waals surface area contributed by atoms with Crippen LogP contribution in [0.3, 0.4) is 0 Å². The summed E-state index contributed by atoms with van der Waals surface area (Å²) in [4.78, 5) is 15.8. The van der Waals surface area contributed by atoms with E-state index in [1.165, 1.54) is 12.8 Å². The molecule has 2 aliphatic rings. The van der Waals surface area contributed by atoms with Gasteiger partial charge in [-0.3, -0.25) is 14.9 Å². The molecule has 1 saturated heterocycles. The molecule has 6 heteroatoms. The fourth-order valence-electron chi connectivity index (χ4n) is 3.05. The minimum absolute atomic E-state index is 0.378. The second-order valence-corrected chi connectivity index (χ2v) is 6.49. The van der Waals surface area contributed by atoms with E-state index in [0.29, 0.717) is 11.8 Å². The van der Waals surface area contributed by atoms with Crippen LogP contribution in [0.25, 0.3) is 0 Å². The molecule has 0 N–H and O–H groups in total. The van der Waals surface area contributed by atoms with Crippen molar-refractivity contribution in [3.8, 4) is 0 Å². The number of likely N-dealkylation sites (tertiary alicyclic amines) is 1. The third kappa shape index (κ3) is 3.02. The minimum atomic E-state index is 0.378. The Bertz CT molecular complexity index is 634. The molecule has 1 aliphatic carbocycles. The molecule has 1 saturated carbocycles. The van der Waals surface area contributed by atoms with Crippen molar-refractivity contribution >= 4 is 0 Å². The smallest absolute Gasteiger partial charge is 0.229 e. The van der Waals surface area contributed by atoms with Gasteiger partial charge in [0.25, 0.3) is 0 Å². The maximum atomic E-state index is 5.41. The third-order valence-corrected chi connectivity index (χ3v) is 4.47. The quantitative estimate of drug-likeness (QED) is 0.863. The maximum absolute atomic E-state index is 5.41. The van der Waals surface area contributed by atoms with E-state index in [2.05, 4.69) is 25.0 Å². The van der Waals surface area contributed by atoms with Gasteiger partial charge in [-0.15, -0.1) is 0 Å². The van der Waals surface area contributed by atoms with Gasteiger partial charge in [-0.05, 0) is 39.2 Å². The highest BCUT2D eigenvalue weighted by atomic mass is 16.5. The van der Waals surface area contributed by atoms with Crippen molar-refractivity contribution in [2.45, 2.75) is 51.0 Å². The van der Waals surface area contributed by atoms with Crippen molar-refractivity contribution in [2.24, 2.45) is 0 Å². The van der Waals surface area contributed by atoms with Crippen molar-refractivity contribution < 1.29 is 4.52 Å². The zero-order valence-corrected chi connectivity index (χ0v) is 12.9. The first kappa shape index (κ1) is 13.8. The molecular formula is C16H21N5O. The first-order chi connectivity index (χ1) is 10.8. The summed E-state index contributed by atoms with van der Waals surface area (Å²) in [5.74, 6) is 2.64. The van der Waals surface area contributed by atoms with Gasteiger partial charge in [0.2, 0.25) is 5.89 Å². The van der Waals surface area contributed by atoms with Crippen molar-refractivity contribution in [2.75, 3.05) is 13.1 Å². The summed E-state index contributed by atoms with van der Waals surface area (Å²) >= 11 is 0. The van der Waals surface area contributed by atoms with Crippen LogP contribution in [0.15, 0.2) is 16.9 Å². The second-order valence-electron chi connectivity index (χ2n) is 6.49. The molecule has 0 radical (unpaired) electrons. The number of nitrogens with zero attached hydrogens (tertiary/aromatic N) is 5. The van der Waals surface area contributed by atoms with E-state index in [9.17, 15) is 0 Å². The molecule has 0 aromatic carbocycles. The largest absolute Gasteiger partial charge is 0.339 e. The number of aryl methyl sites for hydroxylation is 1. The minimum Gasteiger partial charge on any atom is -0.339 e. The molecule has 2 aromatic heterocycles. The molecule has 0 spiro atoms. The van der Waals surface area contributed by atoms with E-state index < -0.39 is 0 Å². The Kier molecular flexibility index (Phi) is 3.62. The van der Waals surface area contributed by atoms with E-state index in [1.807, 2.05) is 19.3 Å². The molecule has 2 aromatic rings. The topological polar surface area (TPSA) is 67.9 Å². The first-order valence-electron chi connectivity index (χ1n) is 8.11. The summed E-state index contributed by atoms with van der Waals surface area (Å²) in [5.41, 5.74) is 1.98. The van der Waals surface area contributed by atoms with E-state index in [0.717, 1.165) is 55.6 Å². The number of hydrogen-bond acceptors (Lipinski definition) is 6. The van der Waals surface area contributed by atoms with Crippen molar-refractivity contribution in [1.29, 1.82) is 0 Å². The molecule has 1 aliphatic heterocycles. The monoisotopic (exact) mass is 299 g/mol. The number of piperidine rings is 1. The number of rotatable bonds is 4. The molecule has 22 heavy (non-hydrogen) atoms. The zero-order valence-electron chi connectivity index (χ0n) is 12.9. The standard InChI is InChI=1S/C16H21N5O/c1-11-7-18-14(8-17-11)10-21-6-2-3-13(9-21)15-19-16(22-20-15)12-4-5-12/h7-8,12-13H,2-6,9-10H2,1H3/t13-/m0/s1. The Morgan fingerprint density at radius 2 is 2.09 bits per heavy atom. The van der Waals surface area contributed by atoms with Gasteiger partial charge in [-0.2, -0.15) is 4.98 Å². The van der Waals surface area contributed by atoms with Crippen LogP contribution in [0.5, 0.6) is 0 Å². The number of hydrogen-bond donors (Lipinski definition) is 0. The van der Waals surface area contributed by atoms with Gasteiger partial charge in [-0.1, -0.05) is 5.16 Å². The van der Waals surface area contributed by atoms with Gasteiger partial charge >= 0.3 is 0 Å². The third-order valence-electron chi connectivity index (χ3n) is 4.47. The Labute approximate surface area is 130 Å². The lowest BCUT2D eigenvalue weighted by molar-refractivity contribution is 0.192. The maximum Gasteiger partial charge on any atom is 0.229 e. The predicted molar refractivity (Wildman–Crippen MR) is 80.3 cm³/mol. The van der Waals surface area contributed by atoms with Crippen LogP contribution in [0, 0.1) is 6.92 Å². The average Bonchev–Trinajstić information content (AvgIpc) is 3.27. The molecule has 1 atom stereocenters. The van der Waals surface area contributed by atoms with E-state index in [-0.39, 0.29) is 0 Å². The molecule has 0 bridgehead atoms. The molecule has 3 heterocycles. The fourth-order valence-corrected chi connectivity index (χ4v) is 3.05. The molecule has 2 fully saturated rings. The molecule has 116 valence electrons. The van der Waals surface area contributed by atoms with E-state index >= 15 is 0 Å². The highest BCUT2D eigenvalue weighted by Gasteiger charge is 2.32. The average molecular weight is 299 g/mol. The molecular weight excluding hydrogens is 278 g/mol. The van der Waals surface area contributed by atoms with Crippen LogP contribution >= 0.6 is 0 Å². The Morgan fingerprint density at radius 3 is 2.86 bits per heavy atom. The normalized spacial score (nSPS) is 22.9. The van der Waals surface area contributed by atoms with Gasteiger partial charge in [0, 0.05) is 37.3 Å². The van der Waals surface area contributed by atoms with Gasteiger partial charge in [0.15, 0.2) is 5.82 Å². The molecule has 0 amide bonds. The Hall–Kier alpha value is -1.82.